The number of thioether (sulfide) groups is 1. The van der Waals surface area contributed by atoms with Crippen molar-refractivity contribution in [2.24, 2.45) is 0 Å². The Kier molecular flexibility index (Phi) is 5.24. The first kappa shape index (κ1) is 17.8. The average Bonchev–Trinajstić information content (AvgIpc) is 3.00. The topological polar surface area (TPSA) is 83.9 Å². The monoisotopic (exact) mass is 383 g/mol. The van der Waals surface area contributed by atoms with E-state index in [1.165, 1.54) is 30.8 Å². The standard InChI is InChI=1S/C19H21N5O2S/c25-16(23-10-6-1-2-7-11-23)13-27-19-21-17-15(12-20-22-17)18(26)24(19)14-8-4-3-5-9-14/h3-5,8-9,12H,1-2,6-7,10-11,13H2,(H,20,22). The Bertz CT molecular complexity index is 990. The van der Waals surface area contributed by atoms with Crippen LogP contribution in [0.3, 0.4) is 0 Å². The number of nitrogens with zero attached hydrogens (tertiary/aromatic N) is 4. The fourth-order valence-electron chi connectivity index (χ4n) is 3.31. The lowest BCUT2D eigenvalue weighted by atomic mass is 10.2. The van der Waals surface area contributed by atoms with E-state index in [-0.39, 0.29) is 17.2 Å². The summed E-state index contributed by atoms with van der Waals surface area (Å²) in [6.45, 7) is 1.63. The smallest absolute Gasteiger partial charge is 0.269 e. The van der Waals surface area contributed by atoms with Gasteiger partial charge in [-0.05, 0) is 25.0 Å². The van der Waals surface area contributed by atoms with Crippen LogP contribution in [-0.2, 0) is 4.79 Å². The van der Waals surface area contributed by atoms with Gasteiger partial charge in [0.2, 0.25) is 5.91 Å². The highest BCUT2D eigenvalue weighted by atomic mass is 32.2. The number of amides is 1. The molecule has 140 valence electrons. The molecular weight excluding hydrogens is 362 g/mol. The quantitative estimate of drug-likeness (QED) is 0.553. The molecular formula is C19H21N5O2S. The minimum Gasteiger partial charge on any atom is -0.342 e. The maximum atomic E-state index is 13.0. The Hall–Kier alpha value is -2.61. The van der Waals surface area contributed by atoms with Gasteiger partial charge in [0.05, 0.1) is 17.6 Å². The number of fused-ring (bicyclic) bond motifs is 1. The number of carbonyl (C=O) groups is 1. The van der Waals surface area contributed by atoms with Crippen LogP contribution in [-0.4, -0.2) is 49.4 Å². The lowest BCUT2D eigenvalue weighted by Gasteiger charge is -2.20. The summed E-state index contributed by atoms with van der Waals surface area (Å²) in [7, 11) is 0. The normalized spacial score (nSPS) is 15.0. The fourth-order valence-corrected chi connectivity index (χ4v) is 4.22. The molecule has 1 aliphatic heterocycles. The van der Waals surface area contributed by atoms with Gasteiger partial charge in [-0.3, -0.25) is 19.3 Å². The first-order valence-corrected chi connectivity index (χ1v) is 10.1. The van der Waals surface area contributed by atoms with Crippen molar-refractivity contribution < 1.29 is 4.79 Å². The van der Waals surface area contributed by atoms with Gasteiger partial charge in [-0.25, -0.2) is 4.98 Å². The molecule has 1 fully saturated rings. The van der Waals surface area contributed by atoms with Gasteiger partial charge < -0.3 is 4.90 Å². The Morgan fingerprint density at radius 3 is 2.59 bits per heavy atom. The molecule has 0 spiro atoms. The zero-order chi connectivity index (χ0) is 18.6. The molecule has 1 aliphatic rings. The second-order valence-electron chi connectivity index (χ2n) is 6.59. The molecule has 0 atom stereocenters. The molecule has 1 saturated heterocycles. The van der Waals surface area contributed by atoms with Crippen LogP contribution >= 0.6 is 11.8 Å². The van der Waals surface area contributed by atoms with E-state index in [2.05, 4.69) is 15.2 Å². The highest BCUT2D eigenvalue weighted by molar-refractivity contribution is 7.99. The predicted octanol–water partition coefficient (Wildman–Crippen LogP) is 2.60. The molecule has 7 nitrogen and oxygen atoms in total. The van der Waals surface area contributed by atoms with E-state index in [1.807, 2.05) is 35.2 Å². The van der Waals surface area contributed by atoms with Crippen molar-refractivity contribution in [1.82, 2.24) is 24.6 Å². The predicted molar refractivity (Wildman–Crippen MR) is 105 cm³/mol. The Balaban J connectivity index is 1.64. The molecule has 3 aromatic rings. The van der Waals surface area contributed by atoms with Gasteiger partial charge in [0, 0.05) is 13.1 Å². The van der Waals surface area contributed by atoms with Crippen LogP contribution in [0.5, 0.6) is 0 Å². The average molecular weight is 383 g/mol. The number of hydrogen-bond acceptors (Lipinski definition) is 5. The highest BCUT2D eigenvalue weighted by Crippen LogP contribution is 2.21. The number of aromatic nitrogens is 4. The van der Waals surface area contributed by atoms with Crippen molar-refractivity contribution in [3.05, 3.63) is 46.9 Å². The van der Waals surface area contributed by atoms with Crippen LogP contribution in [0.1, 0.15) is 25.7 Å². The van der Waals surface area contributed by atoms with Crippen molar-refractivity contribution in [1.29, 1.82) is 0 Å². The number of H-pyrrole nitrogens is 1. The first-order chi connectivity index (χ1) is 13.2. The molecule has 4 rings (SSSR count). The van der Waals surface area contributed by atoms with Crippen LogP contribution in [0.15, 0.2) is 46.5 Å². The van der Waals surface area contributed by atoms with E-state index in [0.29, 0.717) is 16.2 Å². The summed E-state index contributed by atoms with van der Waals surface area (Å²) in [5.41, 5.74) is 0.976. The number of aromatic amines is 1. The number of nitrogens with one attached hydrogen (secondary N) is 1. The maximum absolute atomic E-state index is 13.0. The van der Waals surface area contributed by atoms with Crippen LogP contribution < -0.4 is 5.56 Å². The second kappa shape index (κ2) is 7.96. The number of carbonyl (C=O) groups excluding carboxylic acids is 1. The van der Waals surface area contributed by atoms with E-state index >= 15 is 0 Å². The molecule has 8 heteroatoms. The van der Waals surface area contributed by atoms with Gasteiger partial charge in [0.25, 0.3) is 5.56 Å². The number of likely N-dealkylation sites (tertiary alicyclic amines) is 1. The van der Waals surface area contributed by atoms with E-state index in [0.717, 1.165) is 31.6 Å². The molecule has 0 aliphatic carbocycles. The second-order valence-corrected chi connectivity index (χ2v) is 7.53. The van der Waals surface area contributed by atoms with Gasteiger partial charge >= 0.3 is 0 Å². The molecule has 2 aromatic heterocycles. The van der Waals surface area contributed by atoms with Crippen molar-refractivity contribution >= 4 is 28.7 Å². The summed E-state index contributed by atoms with van der Waals surface area (Å²) in [4.78, 5) is 32.1. The molecule has 3 heterocycles. The summed E-state index contributed by atoms with van der Waals surface area (Å²) < 4.78 is 1.55. The highest BCUT2D eigenvalue weighted by Gasteiger charge is 2.19. The van der Waals surface area contributed by atoms with Gasteiger partial charge in [-0.2, -0.15) is 5.10 Å². The Morgan fingerprint density at radius 1 is 1.11 bits per heavy atom. The zero-order valence-corrected chi connectivity index (χ0v) is 15.7. The number of rotatable bonds is 4. The molecule has 0 saturated carbocycles. The Morgan fingerprint density at radius 2 is 1.85 bits per heavy atom. The molecule has 0 bridgehead atoms. The largest absolute Gasteiger partial charge is 0.342 e. The molecule has 1 aromatic carbocycles. The van der Waals surface area contributed by atoms with Crippen molar-refractivity contribution in [2.45, 2.75) is 30.8 Å². The number of hydrogen-bond donors (Lipinski definition) is 1. The maximum Gasteiger partial charge on any atom is 0.269 e. The summed E-state index contributed by atoms with van der Waals surface area (Å²) in [6.07, 6.45) is 5.97. The molecule has 1 N–H and O–H groups in total. The van der Waals surface area contributed by atoms with Crippen molar-refractivity contribution in [3.8, 4) is 5.69 Å². The first-order valence-electron chi connectivity index (χ1n) is 9.16. The minimum absolute atomic E-state index is 0.0977. The lowest BCUT2D eigenvalue weighted by molar-refractivity contribution is -0.128. The lowest BCUT2D eigenvalue weighted by Crippen LogP contribution is -2.33. The van der Waals surface area contributed by atoms with E-state index < -0.39 is 0 Å². The summed E-state index contributed by atoms with van der Waals surface area (Å²) in [5.74, 6) is 0.360. The van der Waals surface area contributed by atoms with Crippen LogP contribution in [0.2, 0.25) is 0 Å². The molecule has 0 radical (unpaired) electrons. The fraction of sp³-hybridized carbons (Fsp3) is 0.368. The molecule has 0 unspecified atom stereocenters. The summed E-state index contributed by atoms with van der Waals surface area (Å²) in [5, 5.41) is 7.61. The molecule has 27 heavy (non-hydrogen) atoms. The van der Waals surface area contributed by atoms with Crippen molar-refractivity contribution in [3.63, 3.8) is 0 Å². The van der Waals surface area contributed by atoms with Crippen LogP contribution in [0.25, 0.3) is 16.7 Å². The summed E-state index contributed by atoms with van der Waals surface area (Å²) >= 11 is 1.30. The van der Waals surface area contributed by atoms with Gasteiger partial charge in [0.15, 0.2) is 10.8 Å². The third kappa shape index (κ3) is 3.75. The van der Waals surface area contributed by atoms with Gasteiger partial charge in [-0.1, -0.05) is 42.8 Å². The number of para-hydroxylation sites is 1. The Labute approximate surface area is 160 Å². The SMILES string of the molecule is O=C(CSc1nc2[nH]ncc2c(=O)n1-c1ccccc1)N1CCCCCC1. The van der Waals surface area contributed by atoms with Crippen LogP contribution in [0, 0.1) is 0 Å². The number of benzene rings is 1. The van der Waals surface area contributed by atoms with E-state index in [9.17, 15) is 9.59 Å². The van der Waals surface area contributed by atoms with E-state index in [1.54, 1.807) is 4.57 Å². The third-order valence-electron chi connectivity index (χ3n) is 4.75. The summed E-state index contributed by atoms with van der Waals surface area (Å²) in [6, 6.07) is 9.36. The van der Waals surface area contributed by atoms with Gasteiger partial charge in [0.1, 0.15) is 5.39 Å². The van der Waals surface area contributed by atoms with Gasteiger partial charge in [-0.15, -0.1) is 0 Å². The molecule has 1 amide bonds. The zero-order valence-electron chi connectivity index (χ0n) is 14.9. The van der Waals surface area contributed by atoms with E-state index in [4.69, 9.17) is 0 Å². The minimum atomic E-state index is -0.190. The van der Waals surface area contributed by atoms with Crippen molar-refractivity contribution in [2.75, 3.05) is 18.8 Å². The van der Waals surface area contributed by atoms with Crippen LogP contribution in [0.4, 0.5) is 0 Å². The third-order valence-corrected chi connectivity index (χ3v) is 5.67.